The normalized spacial score (nSPS) is 19.6. The highest BCUT2D eigenvalue weighted by molar-refractivity contribution is 4.94. The Labute approximate surface area is 82.5 Å². The molecule has 1 rings (SSSR count). The van der Waals surface area contributed by atoms with Gasteiger partial charge in [-0.15, -0.1) is 0 Å². The Morgan fingerprint density at radius 2 is 1.69 bits per heavy atom. The van der Waals surface area contributed by atoms with E-state index in [1.54, 1.807) is 0 Å². The molecule has 13 heavy (non-hydrogen) atoms. The maximum absolute atomic E-state index is 6.16. The van der Waals surface area contributed by atoms with E-state index in [1.165, 1.54) is 12.8 Å². The molecule has 1 aliphatic carbocycles. The smallest absolute Gasteiger partial charge is 0.0161 e. The Kier molecular flexibility index (Phi) is 2.75. The summed E-state index contributed by atoms with van der Waals surface area (Å²) in [7, 11) is 2.21. The third-order valence-corrected chi connectivity index (χ3v) is 3.56. The molecule has 2 N–H and O–H groups in total. The van der Waals surface area contributed by atoms with Crippen molar-refractivity contribution in [2.75, 3.05) is 13.6 Å². The number of nitrogens with zero attached hydrogens (tertiary/aromatic N) is 1. The molecule has 1 aliphatic rings. The first-order valence-corrected chi connectivity index (χ1v) is 5.23. The van der Waals surface area contributed by atoms with Gasteiger partial charge in [-0.1, -0.05) is 13.8 Å². The van der Waals surface area contributed by atoms with Crippen LogP contribution in [0.4, 0.5) is 0 Å². The second-order valence-electron chi connectivity index (χ2n) is 5.75. The minimum absolute atomic E-state index is 0.101. The Bertz CT molecular complexity index is 175. The van der Waals surface area contributed by atoms with Gasteiger partial charge >= 0.3 is 0 Å². The SMILES string of the molecule is CN(CC(C)(C)C(C)(C)N)C1CC1. The number of rotatable bonds is 4. The number of hydrogen-bond donors (Lipinski definition) is 1. The van der Waals surface area contributed by atoms with Crippen LogP contribution in [0, 0.1) is 5.41 Å². The molecule has 0 saturated heterocycles. The molecule has 0 aromatic heterocycles. The summed E-state index contributed by atoms with van der Waals surface area (Å²) >= 11 is 0. The zero-order valence-electron chi connectivity index (χ0n) is 9.72. The fraction of sp³-hybridized carbons (Fsp3) is 1.00. The average molecular weight is 184 g/mol. The van der Waals surface area contributed by atoms with Crippen molar-refractivity contribution < 1.29 is 0 Å². The van der Waals surface area contributed by atoms with Gasteiger partial charge in [-0.05, 0) is 39.2 Å². The van der Waals surface area contributed by atoms with Gasteiger partial charge in [0.15, 0.2) is 0 Å². The van der Waals surface area contributed by atoms with Gasteiger partial charge < -0.3 is 10.6 Å². The van der Waals surface area contributed by atoms with E-state index < -0.39 is 0 Å². The van der Waals surface area contributed by atoms with E-state index in [2.05, 4.69) is 39.6 Å². The summed E-state index contributed by atoms with van der Waals surface area (Å²) in [5.41, 5.74) is 6.24. The first-order valence-electron chi connectivity index (χ1n) is 5.23. The monoisotopic (exact) mass is 184 g/mol. The maximum atomic E-state index is 6.16. The Hall–Kier alpha value is -0.0800. The van der Waals surface area contributed by atoms with Crippen LogP contribution in [0.2, 0.25) is 0 Å². The second-order valence-corrected chi connectivity index (χ2v) is 5.75. The largest absolute Gasteiger partial charge is 0.325 e. The van der Waals surface area contributed by atoms with Crippen molar-refractivity contribution in [2.45, 2.75) is 52.1 Å². The van der Waals surface area contributed by atoms with Gasteiger partial charge in [-0.3, -0.25) is 0 Å². The summed E-state index contributed by atoms with van der Waals surface area (Å²) in [6, 6.07) is 0.835. The summed E-state index contributed by atoms with van der Waals surface area (Å²) in [6.07, 6.45) is 2.75. The Balaban J connectivity index is 2.49. The molecule has 78 valence electrons. The van der Waals surface area contributed by atoms with Gasteiger partial charge in [0.25, 0.3) is 0 Å². The van der Waals surface area contributed by atoms with E-state index in [1.807, 2.05) is 0 Å². The first-order chi connectivity index (χ1) is 5.74. The molecule has 1 saturated carbocycles. The average Bonchev–Trinajstić information content (AvgIpc) is 2.62. The van der Waals surface area contributed by atoms with Crippen LogP contribution in [-0.2, 0) is 0 Å². The van der Waals surface area contributed by atoms with Gasteiger partial charge in [0.1, 0.15) is 0 Å². The lowest BCUT2D eigenvalue weighted by Gasteiger charge is -2.41. The zero-order valence-corrected chi connectivity index (χ0v) is 9.72. The van der Waals surface area contributed by atoms with E-state index in [9.17, 15) is 0 Å². The van der Waals surface area contributed by atoms with Crippen molar-refractivity contribution >= 4 is 0 Å². The summed E-state index contributed by atoms with van der Waals surface area (Å²) in [4.78, 5) is 2.45. The highest BCUT2D eigenvalue weighted by Crippen LogP contribution is 2.33. The summed E-state index contributed by atoms with van der Waals surface area (Å²) < 4.78 is 0. The van der Waals surface area contributed by atoms with Crippen LogP contribution in [-0.4, -0.2) is 30.1 Å². The molecule has 0 atom stereocenters. The summed E-state index contributed by atoms with van der Waals surface area (Å²) in [5, 5.41) is 0. The minimum atomic E-state index is -0.101. The van der Waals surface area contributed by atoms with Crippen molar-refractivity contribution in [3.63, 3.8) is 0 Å². The quantitative estimate of drug-likeness (QED) is 0.722. The third kappa shape index (κ3) is 2.68. The lowest BCUT2D eigenvalue weighted by molar-refractivity contribution is 0.126. The fourth-order valence-corrected chi connectivity index (χ4v) is 1.47. The molecule has 2 heteroatoms. The van der Waals surface area contributed by atoms with Crippen molar-refractivity contribution in [2.24, 2.45) is 11.1 Å². The summed E-state index contributed by atoms with van der Waals surface area (Å²) in [6.45, 7) is 9.85. The number of hydrogen-bond acceptors (Lipinski definition) is 2. The third-order valence-electron chi connectivity index (χ3n) is 3.56. The van der Waals surface area contributed by atoms with E-state index in [4.69, 9.17) is 5.73 Å². The predicted molar refractivity (Wildman–Crippen MR) is 57.7 cm³/mol. The van der Waals surface area contributed by atoms with Gasteiger partial charge in [-0.25, -0.2) is 0 Å². The Morgan fingerprint density at radius 1 is 1.23 bits per heavy atom. The molecule has 0 spiro atoms. The van der Waals surface area contributed by atoms with Gasteiger partial charge in [0.05, 0.1) is 0 Å². The standard InChI is InChI=1S/C11H24N2/c1-10(2,11(3,4)12)8-13(5)9-6-7-9/h9H,6-8,12H2,1-5H3. The molecular weight excluding hydrogens is 160 g/mol. The van der Waals surface area contributed by atoms with Crippen LogP contribution in [0.1, 0.15) is 40.5 Å². The lowest BCUT2D eigenvalue weighted by Crippen LogP contribution is -2.52. The van der Waals surface area contributed by atoms with Gasteiger partial charge in [0, 0.05) is 18.1 Å². The molecule has 0 unspecified atom stereocenters. The summed E-state index contributed by atoms with van der Waals surface area (Å²) in [5.74, 6) is 0. The molecule has 0 aromatic carbocycles. The van der Waals surface area contributed by atoms with Crippen molar-refractivity contribution in [3.8, 4) is 0 Å². The van der Waals surface area contributed by atoms with E-state index in [0.717, 1.165) is 12.6 Å². The lowest BCUT2D eigenvalue weighted by atomic mass is 9.75. The second kappa shape index (κ2) is 3.25. The highest BCUT2D eigenvalue weighted by atomic mass is 15.2. The molecule has 0 aromatic rings. The Morgan fingerprint density at radius 3 is 2.00 bits per heavy atom. The minimum Gasteiger partial charge on any atom is -0.325 e. The van der Waals surface area contributed by atoms with Crippen LogP contribution in [0.15, 0.2) is 0 Å². The topological polar surface area (TPSA) is 29.3 Å². The molecule has 0 amide bonds. The first kappa shape index (κ1) is 11.0. The van der Waals surface area contributed by atoms with E-state index >= 15 is 0 Å². The van der Waals surface area contributed by atoms with Crippen LogP contribution < -0.4 is 5.73 Å². The van der Waals surface area contributed by atoms with Gasteiger partial charge in [-0.2, -0.15) is 0 Å². The van der Waals surface area contributed by atoms with Gasteiger partial charge in [0.2, 0.25) is 0 Å². The molecule has 0 aliphatic heterocycles. The molecule has 2 nitrogen and oxygen atoms in total. The van der Waals surface area contributed by atoms with Crippen molar-refractivity contribution in [1.82, 2.24) is 4.90 Å². The molecule has 0 bridgehead atoms. The van der Waals surface area contributed by atoms with E-state index in [-0.39, 0.29) is 11.0 Å². The van der Waals surface area contributed by atoms with Crippen LogP contribution >= 0.6 is 0 Å². The van der Waals surface area contributed by atoms with Crippen LogP contribution in [0.5, 0.6) is 0 Å². The molecule has 1 fully saturated rings. The van der Waals surface area contributed by atoms with Crippen molar-refractivity contribution in [3.05, 3.63) is 0 Å². The molecule has 0 radical (unpaired) electrons. The fourth-order valence-electron chi connectivity index (χ4n) is 1.47. The van der Waals surface area contributed by atoms with Crippen molar-refractivity contribution in [1.29, 1.82) is 0 Å². The van der Waals surface area contributed by atoms with E-state index in [0.29, 0.717) is 0 Å². The number of nitrogens with two attached hydrogens (primary N) is 1. The maximum Gasteiger partial charge on any atom is 0.0161 e. The predicted octanol–water partition coefficient (Wildman–Crippen LogP) is 1.84. The molecule has 0 heterocycles. The van der Waals surface area contributed by atoms with Crippen LogP contribution in [0.25, 0.3) is 0 Å². The van der Waals surface area contributed by atoms with Crippen LogP contribution in [0.3, 0.4) is 0 Å². The highest BCUT2D eigenvalue weighted by Gasteiger charge is 2.37. The molecular formula is C11H24N2. The zero-order chi connectivity index (χ0) is 10.3.